The first-order valence-corrected chi connectivity index (χ1v) is 16.7. The van der Waals surface area contributed by atoms with Crippen molar-refractivity contribution in [2.45, 2.75) is 50.7 Å². The number of nitrogens with zero attached hydrogens (tertiary/aromatic N) is 2. The molecule has 9 nitrogen and oxygen atoms in total. The van der Waals surface area contributed by atoms with Crippen LogP contribution in [0.3, 0.4) is 0 Å². The van der Waals surface area contributed by atoms with Crippen molar-refractivity contribution in [3.63, 3.8) is 0 Å². The molecule has 1 N–H and O–H groups in total. The molecule has 1 aliphatic heterocycles. The molecular formula is C32H36ClN3O6S. The Bertz CT molecular complexity index is 1550. The molecule has 1 saturated carbocycles. The summed E-state index contributed by atoms with van der Waals surface area (Å²) in [4.78, 5) is 29.7. The Morgan fingerprint density at radius 1 is 0.953 bits per heavy atom. The molecule has 0 saturated heterocycles. The molecule has 1 heterocycles. The summed E-state index contributed by atoms with van der Waals surface area (Å²) in [5.74, 6) is 0.0847. The SMILES string of the molecule is CS(=O)(=O)N(CC(=O)N(Cc1ccccc1Cl)[C@H](Cc1ccccc1)C(=O)NC1CCCC1)c1ccc2c(c1)OCCO2. The summed E-state index contributed by atoms with van der Waals surface area (Å²) in [6, 6.07) is 20.5. The topological polar surface area (TPSA) is 105 Å². The van der Waals surface area contributed by atoms with Crippen LogP contribution in [-0.4, -0.2) is 63.2 Å². The molecule has 11 heteroatoms. The lowest BCUT2D eigenvalue weighted by Crippen LogP contribution is -2.54. The van der Waals surface area contributed by atoms with E-state index in [4.69, 9.17) is 21.1 Å². The van der Waals surface area contributed by atoms with Crippen LogP contribution >= 0.6 is 11.6 Å². The maximum Gasteiger partial charge on any atom is 0.244 e. The highest BCUT2D eigenvalue weighted by Gasteiger charge is 2.34. The van der Waals surface area contributed by atoms with Gasteiger partial charge >= 0.3 is 0 Å². The second-order valence-electron chi connectivity index (χ2n) is 10.9. The summed E-state index contributed by atoms with van der Waals surface area (Å²) >= 11 is 6.53. The van der Waals surface area contributed by atoms with E-state index in [1.165, 1.54) is 4.90 Å². The molecule has 1 fully saturated rings. The van der Waals surface area contributed by atoms with E-state index in [0.717, 1.165) is 41.8 Å². The van der Waals surface area contributed by atoms with E-state index in [9.17, 15) is 18.0 Å². The van der Waals surface area contributed by atoms with Crippen LogP contribution in [0.4, 0.5) is 5.69 Å². The van der Waals surface area contributed by atoms with Gasteiger partial charge < -0.3 is 19.7 Å². The summed E-state index contributed by atoms with van der Waals surface area (Å²) in [6.45, 7) is 0.220. The number of carbonyl (C=O) groups excluding carboxylic acids is 2. The third kappa shape index (κ3) is 7.80. The molecule has 0 unspecified atom stereocenters. The second kappa shape index (κ2) is 13.7. The molecule has 1 atom stereocenters. The Hall–Kier alpha value is -3.76. The predicted molar refractivity (Wildman–Crippen MR) is 166 cm³/mol. The zero-order valence-electron chi connectivity index (χ0n) is 24.1. The lowest BCUT2D eigenvalue weighted by atomic mass is 10.0. The van der Waals surface area contributed by atoms with Crippen LogP contribution in [0, 0.1) is 0 Å². The van der Waals surface area contributed by atoms with Crippen molar-refractivity contribution in [2.75, 3.05) is 30.3 Å². The van der Waals surface area contributed by atoms with Crippen LogP contribution in [0.1, 0.15) is 36.8 Å². The van der Waals surface area contributed by atoms with E-state index >= 15 is 0 Å². The summed E-state index contributed by atoms with van der Waals surface area (Å²) in [6.07, 6.45) is 5.13. The molecule has 0 aromatic heterocycles. The van der Waals surface area contributed by atoms with Crippen molar-refractivity contribution in [3.05, 3.63) is 88.9 Å². The van der Waals surface area contributed by atoms with Crippen LogP contribution in [0.15, 0.2) is 72.8 Å². The number of rotatable bonds is 11. The summed E-state index contributed by atoms with van der Waals surface area (Å²) in [5, 5.41) is 3.60. The molecular weight excluding hydrogens is 590 g/mol. The Morgan fingerprint density at radius 2 is 1.63 bits per heavy atom. The minimum absolute atomic E-state index is 0.0207. The maximum absolute atomic E-state index is 14.3. The Morgan fingerprint density at radius 3 is 2.33 bits per heavy atom. The molecule has 5 rings (SSSR count). The van der Waals surface area contributed by atoms with Crippen molar-refractivity contribution in [1.29, 1.82) is 0 Å². The fraction of sp³-hybridized carbons (Fsp3) is 0.375. The number of fused-ring (bicyclic) bond motifs is 1. The van der Waals surface area contributed by atoms with E-state index in [2.05, 4.69) is 5.32 Å². The first-order chi connectivity index (χ1) is 20.7. The third-order valence-electron chi connectivity index (χ3n) is 7.76. The normalized spacial score (nSPS) is 15.5. The number of benzene rings is 3. The average Bonchev–Trinajstić information content (AvgIpc) is 3.51. The highest BCUT2D eigenvalue weighted by Crippen LogP contribution is 2.35. The van der Waals surface area contributed by atoms with E-state index in [-0.39, 0.29) is 30.6 Å². The molecule has 2 amide bonds. The summed E-state index contributed by atoms with van der Waals surface area (Å²) in [7, 11) is -3.91. The third-order valence-corrected chi connectivity index (χ3v) is 9.27. The molecule has 0 bridgehead atoms. The fourth-order valence-electron chi connectivity index (χ4n) is 5.53. The molecule has 3 aromatic carbocycles. The molecule has 0 radical (unpaired) electrons. The van der Waals surface area contributed by atoms with Crippen molar-refractivity contribution < 1.29 is 27.5 Å². The van der Waals surface area contributed by atoms with Gasteiger partial charge in [0, 0.05) is 30.1 Å². The van der Waals surface area contributed by atoms with E-state index in [0.29, 0.717) is 35.3 Å². The van der Waals surface area contributed by atoms with Gasteiger partial charge in [0.1, 0.15) is 25.8 Å². The fourth-order valence-corrected chi connectivity index (χ4v) is 6.57. The van der Waals surface area contributed by atoms with Gasteiger partial charge in [0.15, 0.2) is 11.5 Å². The van der Waals surface area contributed by atoms with Crippen LogP contribution < -0.4 is 19.1 Å². The number of halogens is 1. The first-order valence-electron chi connectivity index (χ1n) is 14.4. The monoisotopic (exact) mass is 625 g/mol. The standard InChI is InChI=1S/C32H36ClN3O6S/c1-43(39,40)36(26-15-16-29-30(20-26)42-18-17-41-29)22-31(37)35(21-24-11-5-8-14-27(24)33)28(19-23-9-3-2-4-10-23)32(38)34-25-12-6-7-13-25/h2-5,8-11,14-16,20,25,28H,6-7,12-13,17-19,21-22H2,1H3,(H,34,38)/t28-/m1/s1. The summed E-state index contributed by atoms with van der Waals surface area (Å²) in [5.41, 5.74) is 1.78. The van der Waals surface area contributed by atoms with Gasteiger partial charge in [0.25, 0.3) is 0 Å². The summed E-state index contributed by atoms with van der Waals surface area (Å²) < 4.78 is 38.4. The molecule has 1 aliphatic carbocycles. The second-order valence-corrected chi connectivity index (χ2v) is 13.2. The van der Waals surface area contributed by atoms with Gasteiger partial charge in [-0.1, -0.05) is 73.0 Å². The van der Waals surface area contributed by atoms with Gasteiger partial charge in [-0.2, -0.15) is 0 Å². The zero-order chi connectivity index (χ0) is 30.4. The number of ether oxygens (including phenoxy) is 2. The van der Waals surface area contributed by atoms with Gasteiger partial charge in [-0.3, -0.25) is 13.9 Å². The quantitative estimate of drug-likeness (QED) is 0.335. The van der Waals surface area contributed by atoms with E-state index < -0.39 is 28.5 Å². The van der Waals surface area contributed by atoms with Gasteiger partial charge in [-0.05, 0) is 42.2 Å². The molecule has 43 heavy (non-hydrogen) atoms. The molecule has 3 aromatic rings. The minimum Gasteiger partial charge on any atom is -0.486 e. The van der Waals surface area contributed by atoms with E-state index in [1.54, 1.807) is 36.4 Å². The number of sulfonamides is 1. The highest BCUT2D eigenvalue weighted by molar-refractivity contribution is 7.92. The Kier molecular flexibility index (Phi) is 9.77. The highest BCUT2D eigenvalue weighted by atomic mass is 35.5. The lowest BCUT2D eigenvalue weighted by Gasteiger charge is -2.34. The number of hydrogen-bond donors (Lipinski definition) is 1. The number of carbonyl (C=O) groups is 2. The first kappa shape index (κ1) is 30.7. The number of amides is 2. The van der Waals surface area contributed by atoms with Crippen molar-refractivity contribution >= 4 is 39.1 Å². The number of anilines is 1. The molecule has 228 valence electrons. The van der Waals surface area contributed by atoms with Gasteiger partial charge in [0.05, 0.1) is 11.9 Å². The van der Waals surface area contributed by atoms with Crippen LogP contribution in [0.2, 0.25) is 5.02 Å². The minimum atomic E-state index is -3.91. The van der Waals surface area contributed by atoms with Crippen molar-refractivity contribution in [1.82, 2.24) is 10.2 Å². The number of nitrogens with one attached hydrogen (secondary N) is 1. The predicted octanol–water partition coefficient (Wildman–Crippen LogP) is 4.58. The van der Waals surface area contributed by atoms with Gasteiger partial charge in [-0.15, -0.1) is 0 Å². The largest absolute Gasteiger partial charge is 0.486 e. The van der Waals surface area contributed by atoms with Crippen molar-refractivity contribution in [3.8, 4) is 11.5 Å². The zero-order valence-corrected chi connectivity index (χ0v) is 25.6. The van der Waals surface area contributed by atoms with Crippen LogP contribution in [0.25, 0.3) is 0 Å². The van der Waals surface area contributed by atoms with Crippen LogP contribution in [0.5, 0.6) is 11.5 Å². The van der Waals surface area contributed by atoms with Crippen LogP contribution in [-0.2, 0) is 32.6 Å². The molecule has 2 aliphatic rings. The number of hydrogen-bond acceptors (Lipinski definition) is 6. The van der Waals surface area contributed by atoms with Gasteiger partial charge in [0.2, 0.25) is 21.8 Å². The van der Waals surface area contributed by atoms with Gasteiger partial charge in [-0.25, -0.2) is 8.42 Å². The lowest BCUT2D eigenvalue weighted by molar-refractivity contribution is -0.140. The maximum atomic E-state index is 14.3. The van der Waals surface area contributed by atoms with Crippen molar-refractivity contribution in [2.24, 2.45) is 0 Å². The Labute approximate surface area is 257 Å². The Balaban J connectivity index is 1.51. The smallest absolute Gasteiger partial charge is 0.244 e. The average molecular weight is 626 g/mol. The van der Waals surface area contributed by atoms with E-state index in [1.807, 2.05) is 36.4 Å². The molecule has 0 spiro atoms.